The highest BCUT2D eigenvalue weighted by molar-refractivity contribution is 5.36. The molecule has 0 amide bonds. The summed E-state index contributed by atoms with van der Waals surface area (Å²) < 4.78 is 5.52. The van der Waals surface area contributed by atoms with Crippen molar-refractivity contribution in [2.24, 2.45) is 5.92 Å². The third kappa shape index (κ3) is 3.16. The van der Waals surface area contributed by atoms with Crippen LogP contribution in [0, 0.1) is 23.0 Å². The van der Waals surface area contributed by atoms with Gasteiger partial charge in [0.2, 0.25) is 5.88 Å². The maximum Gasteiger partial charge on any atom is 0.290 e. The normalized spacial score (nSPS) is 18.8. The van der Waals surface area contributed by atoms with E-state index in [9.17, 15) is 10.1 Å². The third-order valence-electron chi connectivity index (χ3n) is 3.17. The highest BCUT2D eigenvalue weighted by atomic mass is 16.6. The van der Waals surface area contributed by atoms with E-state index in [4.69, 9.17) is 4.74 Å². The van der Waals surface area contributed by atoms with Crippen LogP contribution in [-0.2, 0) is 0 Å². The van der Waals surface area contributed by atoms with E-state index in [0.717, 1.165) is 19.5 Å². The summed E-state index contributed by atoms with van der Waals surface area (Å²) in [5, 5.41) is 13.9. The minimum atomic E-state index is -0.434. The topological polar surface area (TPSA) is 77.3 Å². The highest BCUT2D eigenvalue weighted by Crippen LogP contribution is 2.20. The number of nitrogens with zero attached hydrogens (tertiary/aromatic N) is 2. The second-order valence-corrected chi connectivity index (χ2v) is 4.51. The Morgan fingerprint density at radius 1 is 1.61 bits per heavy atom. The van der Waals surface area contributed by atoms with E-state index in [0.29, 0.717) is 24.1 Å². The molecule has 1 aliphatic heterocycles. The lowest BCUT2D eigenvalue weighted by Crippen LogP contribution is -2.12. The van der Waals surface area contributed by atoms with Crippen molar-refractivity contribution in [3.05, 3.63) is 27.9 Å². The second-order valence-electron chi connectivity index (χ2n) is 4.51. The van der Waals surface area contributed by atoms with E-state index in [-0.39, 0.29) is 5.69 Å². The van der Waals surface area contributed by atoms with Crippen molar-refractivity contribution in [3.8, 4) is 5.88 Å². The summed E-state index contributed by atoms with van der Waals surface area (Å²) in [5.41, 5.74) is 0.419. The monoisotopic (exact) mass is 251 g/mol. The van der Waals surface area contributed by atoms with Gasteiger partial charge < -0.3 is 10.1 Å². The van der Waals surface area contributed by atoms with Gasteiger partial charge in [0, 0.05) is 12.1 Å². The fourth-order valence-electron chi connectivity index (χ4n) is 2.10. The van der Waals surface area contributed by atoms with Crippen molar-refractivity contribution < 1.29 is 9.66 Å². The fraction of sp³-hybridized carbons (Fsp3) is 0.583. The zero-order valence-corrected chi connectivity index (χ0v) is 10.4. The van der Waals surface area contributed by atoms with Gasteiger partial charge in [-0.2, -0.15) is 0 Å². The van der Waals surface area contributed by atoms with Crippen LogP contribution < -0.4 is 10.1 Å². The van der Waals surface area contributed by atoms with Crippen molar-refractivity contribution in [2.75, 3.05) is 19.7 Å². The molecular formula is C12H17N3O3. The fourth-order valence-corrected chi connectivity index (χ4v) is 2.10. The van der Waals surface area contributed by atoms with Gasteiger partial charge in [-0.3, -0.25) is 10.1 Å². The molecule has 6 nitrogen and oxygen atoms in total. The Balaban J connectivity index is 1.85. The van der Waals surface area contributed by atoms with Gasteiger partial charge in [-0.05, 0) is 38.8 Å². The number of aromatic nitrogens is 1. The molecule has 1 aliphatic rings. The molecule has 2 rings (SSSR count). The highest BCUT2D eigenvalue weighted by Gasteiger charge is 2.15. The van der Waals surface area contributed by atoms with E-state index in [1.807, 2.05) is 0 Å². The van der Waals surface area contributed by atoms with E-state index in [2.05, 4.69) is 10.3 Å². The first-order valence-corrected chi connectivity index (χ1v) is 6.12. The summed E-state index contributed by atoms with van der Waals surface area (Å²) in [6.07, 6.45) is 2.18. The summed E-state index contributed by atoms with van der Waals surface area (Å²) in [6, 6.07) is 2.99. The van der Waals surface area contributed by atoms with E-state index in [1.54, 1.807) is 13.0 Å². The van der Waals surface area contributed by atoms with Crippen molar-refractivity contribution in [2.45, 2.75) is 19.8 Å². The van der Waals surface area contributed by atoms with Gasteiger partial charge in [0.1, 0.15) is 5.69 Å². The molecule has 1 aromatic heterocycles. The number of nitro groups is 1. The van der Waals surface area contributed by atoms with Crippen LogP contribution in [0.5, 0.6) is 5.88 Å². The lowest BCUT2D eigenvalue weighted by Gasteiger charge is -2.09. The smallest absolute Gasteiger partial charge is 0.290 e. The Morgan fingerprint density at radius 2 is 2.44 bits per heavy atom. The van der Waals surface area contributed by atoms with Crippen LogP contribution in [0.25, 0.3) is 0 Å². The first-order valence-electron chi connectivity index (χ1n) is 6.12. The molecule has 1 aromatic rings. The lowest BCUT2D eigenvalue weighted by atomic mass is 10.1. The number of pyridine rings is 1. The molecule has 2 heterocycles. The SMILES string of the molecule is Cc1nc(OCCC2CCNC2)ccc1[N+](=O)[O-]. The molecule has 0 bridgehead atoms. The summed E-state index contributed by atoms with van der Waals surface area (Å²) in [5.74, 6) is 1.13. The Labute approximate surface area is 106 Å². The summed E-state index contributed by atoms with van der Waals surface area (Å²) >= 11 is 0. The van der Waals surface area contributed by atoms with Crippen LogP contribution in [0.15, 0.2) is 12.1 Å². The molecule has 18 heavy (non-hydrogen) atoms. The Morgan fingerprint density at radius 3 is 3.06 bits per heavy atom. The summed E-state index contributed by atoms with van der Waals surface area (Å²) in [7, 11) is 0. The number of ether oxygens (including phenoxy) is 1. The van der Waals surface area contributed by atoms with E-state index in [1.165, 1.54) is 12.5 Å². The van der Waals surface area contributed by atoms with Gasteiger partial charge in [-0.15, -0.1) is 0 Å². The summed E-state index contributed by atoms with van der Waals surface area (Å²) in [6.45, 7) is 4.36. The quantitative estimate of drug-likeness (QED) is 0.636. The number of nitrogens with one attached hydrogen (secondary N) is 1. The number of hydrogen-bond acceptors (Lipinski definition) is 5. The number of aryl methyl sites for hydroxylation is 1. The summed E-state index contributed by atoms with van der Waals surface area (Å²) in [4.78, 5) is 14.3. The van der Waals surface area contributed by atoms with Crippen LogP contribution >= 0.6 is 0 Å². The number of rotatable bonds is 5. The molecule has 0 spiro atoms. The molecule has 98 valence electrons. The molecule has 0 saturated carbocycles. The predicted octanol–water partition coefficient (Wildman–Crippen LogP) is 1.68. The maximum absolute atomic E-state index is 10.6. The standard InChI is InChI=1S/C12H17N3O3/c1-9-11(15(16)17)2-3-12(14-9)18-7-5-10-4-6-13-8-10/h2-3,10,13H,4-8H2,1H3. The minimum Gasteiger partial charge on any atom is -0.478 e. The molecule has 1 unspecified atom stereocenters. The average molecular weight is 251 g/mol. The molecular weight excluding hydrogens is 234 g/mol. The largest absolute Gasteiger partial charge is 0.478 e. The van der Waals surface area contributed by atoms with Gasteiger partial charge in [-0.25, -0.2) is 4.98 Å². The minimum absolute atomic E-state index is 0.0299. The van der Waals surface area contributed by atoms with Gasteiger partial charge in [-0.1, -0.05) is 0 Å². The Kier molecular flexibility index (Phi) is 4.09. The maximum atomic E-state index is 10.6. The van der Waals surface area contributed by atoms with Crippen LogP contribution in [-0.4, -0.2) is 29.6 Å². The van der Waals surface area contributed by atoms with Crippen LogP contribution in [0.3, 0.4) is 0 Å². The second kappa shape index (κ2) is 5.77. The first-order chi connectivity index (χ1) is 8.66. The lowest BCUT2D eigenvalue weighted by molar-refractivity contribution is -0.385. The van der Waals surface area contributed by atoms with Crippen LogP contribution in [0.1, 0.15) is 18.5 Å². The molecule has 1 fully saturated rings. The van der Waals surface area contributed by atoms with Crippen molar-refractivity contribution in [3.63, 3.8) is 0 Å². The Bertz CT molecular complexity index is 431. The Hall–Kier alpha value is -1.69. The molecule has 0 aliphatic carbocycles. The zero-order chi connectivity index (χ0) is 13.0. The van der Waals surface area contributed by atoms with Gasteiger partial charge in [0.05, 0.1) is 11.5 Å². The first kappa shape index (κ1) is 12.8. The van der Waals surface area contributed by atoms with Gasteiger partial charge in [0.25, 0.3) is 5.69 Å². The van der Waals surface area contributed by atoms with Crippen LogP contribution in [0.2, 0.25) is 0 Å². The predicted molar refractivity (Wildman–Crippen MR) is 66.7 cm³/mol. The van der Waals surface area contributed by atoms with Crippen LogP contribution in [0.4, 0.5) is 5.69 Å². The van der Waals surface area contributed by atoms with Gasteiger partial charge in [0.15, 0.2) is 0 Å². The van der Waals surface area contributed by atoms with E-state index < -0.39 is 4.92 Å². The molecule has 6 heteroatoms. The molecule has 1 N–H and O–H groups in total. The van der Waals surface area contributed by atoms with E-state index >= 15 is 0 Å². The third-order valence-corrected chi connectivity index (χ3v) is 3.17. The zero-order valence-electron chi connectivity index (χ0n) is 10.4. The molecule has 1 atom stereocenters. The van der Waals surface area contributed by atoms with Crippen molar-refractivity contribution in [1.29, 1.82) is 0 Å². The molecule has 0 aromatic carbocycles. The molecule has 0 radical (unpaired) electrons. The van der Waals surface area contributed by atoms with Crippen molar-refractivity contribution in [1.82, 2.24) is 10.3 Å². The number of hydrogen-bond donors (Lipinski definition) is 1. The van der Waals surface area contributed by atoms with Crippen molar-refractivity contribution >= 4 is 5.69 Å². The average Bonchev–Trinajstić information content (AvgIpc) is 2.81. The molecule has 1 saturated heterocycles. The van der Waals surface area contributed by atoms with Gasteiger partial charge >= 0.3 is 0 Å².